The summed E-state index contributed by atoms with van der Waals surface area (Å²) in [7, 11) is 0. The van der Waals surface area contributed by atoms with Crippen molar-refractivity contribution in [3.05, 3.63) is 95.1 Å². The second-order valence-electron chi connectivity index (χ2n) is 6.41. The van der Waals surface area contributed by atoms with Crippen LogP contribution in [0.5, 0.6) is 11.5 Å². The fourth-order valence-electron chi connectivity index (χ4n) is 2.72. The molecule has 2 heterocycles. The number of carbonyl (C=O) groups is 1. The molecule has 30 heavy (non-hydrogen) atoms. The van der Waals surface area contributed by atoms with Gasteiger partial charge in [-0.15, -0.1) is 11.3 Å². The smallest absolute Gasteiger partial charge is 0.355 e. The van der Waals surface area contributed by atoms with E-state index in [1.54, 1.807) is 12.3 Å². The van der Waals surface area contributed by atoms with Crippen LogP contribution in [0.25, 0.3) is 10.7 Å². The highest BCUT2D eigenvalue weighted by Gasteiger charge is 2.15. The van der Waals surface area contributed by atoms with E-state index in [-0.39, 0.29) is 5.69 Å². The number of aromatic carboxylic acids is 1. The quantitative estimate of drug-likeness (QED) is 0.431. The van der Waals surface area contributed by atoms with Gasteiger partial charge in [-0.2, -0.15) is 0 Å². The van der Waals surface area contributed by atoms with Crippen LogP contribution >= 0.6 is 11.3 Å². The molecule has 0 saturated heterocycles. The third-order valence-electron chi connectivity index (χ3n) is 4.25. The van der Waals surface area contributed by atoms with Crippen molar-refractivity contribution in [3.8, 4) is 22.2 Å². The third kappa shape index (κ3) is 4.82. The third-order valence-corrected chi connectivity index (χ3v) is 5.11. The van der Waals surface area contributed by atoms with Crippen LogP contribution in [-0.4, -0.2) is 21.0 Å². The van der Waals surface area contributed by atoms with Gasteiger partial charge < -0.3 is 14.6 Å². The molecule has 0 unspecified atom stereocenters. The predicted molar refractivity (Wildman–Crippen MR) is 114 cm³/mol. The number of nitrogens with zero attached hydrogens (tertiary/aromatic N) is 2. The SMILES string of the molecule is O=C(O)c1csc(-c2cc(OCc3ccccc3)c(OCc3ccccc3)cn2)n1. The number of pyridine rings is 1. The van der Waals surface area contributed by atoms with Crippen molar-refractivity contribution in [3.63, 3.8) is 0 Å². The van der Waals surface area contributed by atoms with Crippen molar-refractivity contribution in [1.29, 1.82) is 0 Å². The van der Waals surface area contributed by atoms with Gasteiger partial charge >= 0.3 is 5.97 Å². The van der Waals surface area contributed by atoms with Crippen LogP contribution in [-0.2, 0) is 13.2 Å². The van der Waals surface area contributed by atoms with E-state index in [1.807, 2.05) is 60.7 Å². The summed E-state index contributed by atoms with van der Waals surface area (Å²) in [6, 6.07) is 21.4. The lowest BCUT2D eigenvalue weighted by atomic mass is 10.2. The summed E-state index contributed by atoms with van der Waals surface area (Å²) >= 11 is 1.22. The van der Waals surface area contributed by atoms with Gasteiger partial charge in [-0.25, -0.2) is 14.8 Å². The predicted octanol–water partition coefficient (Wildman–Crippen LogP) is 5.06. The normalized spacial score (nSPS) is 10.5. The van der Waals surface area contributed by atoms with E-state index >= 15 is 0 Å². The van der Waals surface area contributed by atoms with Gasteiger partial charge in [0.05, 0.1) is 6.20 Å². The maximum absolute atomic E-state index is 11.1. The minimum atomic E-state index is -1.07. The molecule has 0 amide bonds. The monoisotopic (exact) mass is 418 g/mol. The molecule has 0 bridgehead atoms. The average molecular weight is 418 g/mol. The maximum atomic E-state index is 11.1. The summed E-state index contributed by atoms with van der Waals surface area (Å²) in [5.41, 5.74) is 2.57. The summed E-state index contributed by atoms with van der Waals surface area (Å²) in [5.74, 6) is -0.0405. The van der Waals surface area contributed by atoms with E-state index in [9.17, 15) is 4.79 Å². The van der Waals surface area contributed by atoms with Crippen LogP contribution in [0.15, 0.2) is 78.3 Å². The Labute approximate surface area is 177 Å². The second kappa shape index (κ2) is 9.19. The molecule has 0 atom stereocenters. The van der Waals surface area contributed by atoms with Gasteiger partial charge in [0, 0.05) is 11.4 Å². The first-order valence-electron chi connectivity index (χ1n) is 9.22. The number of hydrogen-bond donors (Lipinski definition) is 1. The average Bonchev–Trinajstić information content (AvgIpc) is 3.29. The highest BCUT2D eigenvalue weighted by atomic mass is 32.1. The van der Waals surface area contributed by atoms with E-state index in [2.05, 4.69) is 9.97 Å². The first-order chi connectivity index (χ1) is 14.7. The zero-order valence-electron chi connectivity index (χ0n) is 15.9. The molecule has 0 aliphatic rings. The lowest BCUT2D eigenvalue weighted by Gasteiger charge is -2.13. The Balaban J connectivity index is 1.59. The van der Waals surface area contributed by atoms with Crippen molar-refractivity contribution in [2.24, 2.45) is 0 Å². The van der Waals surface area contributed by atoms with Crippen LogP contribution in [0.4, 0.5) is 0 Å². The van der Waals surface area contributed by atoms with E-state index in [4.69, 9.17) is 14.6 Å². The molecule has 0 radical (unpaired) electrons. The van der Waals surface area contributed by atoms with Crippen LogP contribution in [0.1, 0.15) is 21.6 Å². The van der Waals surface area contributed by atoms with Gasteiger partial charge in [0.25, 0.3) is 0 Å². The Hall–Kier alpha value is -3.71. The van der Waals surface area contributed by atoms with Crippen molar-refractivity contribution in [1.82, 2.24) is 9.97 Å². The first-order valence-corrected chi connectivity index (χ1v) is 10.1. The molecular weight excluding hydrogens is 400 g/mol. The Morgan fingerprint density at radius 3 is 2.07 bits per heavy atom. The summed E-state index contributed by atoms with van der Waals surface area (Å²) in [5, 5.41) is 11.1. The van der Waals surface area contributed by atoms with E-state index < -0.39 is 5.97 Å². The Bertz CT molecular complexity index is 1130. The van der Waals surface area contributed by atoms with Crippen molar-refractivity contribution < 1.29 is 19.4 Å². The van der Waals surface area contributed by atoms with Crippen LogP contribution in [0, 0.1) is 0 Å². The number of thiazole rings is 1. The van der Waals surface area contributed by atoms with Gasteiger partial charge in [-0.3, -0.25) is 0 Å². The van der Waals surface area contributed by atoms with Crippen molar-refractivity contribution in [2.75, 3.05) is 0 Å². The zero-order valence-corrected chi connectivity index (χ0v) is 16.7. The molecule has 2 aromatic carbocycles. The summed E-state index contributed by atoms with van der Waals surface area (Å²) < 4.78 is 12.0. The van der Waals surface area contributed by atoms with Crippen LogP contribution in [0.2, 0.25) is 0 Å². The van der Waals surface area contributed by atoms with E-state index in [0.717, 1.165) is 11.1 Å². The molecule has 0 aliphatic heterocycles. The van der Waals surface area contributed by atoms with Crippen molar-refractivity contribution in [2.45, 2.75) is 13.2 Å². The van der Waals surface area contributed by atoms with Gasteiger partial charge in [0.2, 0.25) is 0 Å². The summed E-state index contributed by atoms with van der Waals surface area (Å²) in [6.07, 6.45) is 1.58. The minimum absolute atomic E-state index is 0.00652. The minimum Gasteiger partial charge on any atom is -0.485 e. The molecule has 7 heteroatoms. The number of carboxylic acids is 1. The second-order valence-corrected chi connectivity index (χ2v) is 7.27. The first kappa shape index (κ1) is 19.6. The molecule has 0 spiro atoms. The van der Waals surface area contributed by atoms with Gasteiger partial charge in [0.15, 0.2) is 17.2 Å². The molecular formula is C23H18N2O4S. The van der Waals surface area contributed by atoms with Crippen molar-refractivity contribution >= 4 is 17.3 Å². The number of ether oxygens (including phenoxy) is 2. The standard InChI is InChI=1S/C23H18N2O4S/c26-23(27)19-15-30-22(25-19)18-11-20(28-13-16-7-3-1-4-8-16)21(12-24-18)29-14-17-9-5-2-6-10-17/h1-12,15H,13-14H2,(H,26,27). The van der Waals surface area contributed by atoms with E-state index in [1.165, 1.54) is 16.7 Å². The Morgan fingerprint density at radius 1 is 0.900 bits per heavy atom. The van der Waals surface area contributed by atoms with Gasteiger partial charge in [-0.1, -0.05) is 60.7 Å². The van der Waals surface area contributed by atoms with Gasteiger partial charge in [-0.05, 0) is 11.1 Å². The number of carboxylic acid groups (broad SMARTS) is 1. The molecule has 0 saturated carbocycles. The summed E-state index contributed by atoms with van der Waals surface area (Å²) in [6.45, 7) is 0.744. The molecule has 0 aliphatic carbocycles. The largest absolute Gasteiger partial charge is 0.485 e. The zero-order chi connectivity index (χ0) is 20.8. The topological polar surface area (TPSA) is 81.5 Å². The molecule has 6 nitrogen and oxygen atoms in total. The highest BCUT2D eigenvalue weighted by molar-refractivity contribution is 7.13. The summed E-state index contributed by atoms with van der Waals surface area (Å²) in [4.78, 5) is 19.6. The van der Waals surface area contributed by atoms with Crippen LogP contribution in [0.3, 0.4) is 0 Å². The van der Waals surface area contributed by atoms with Gasteiger partial charge in [0.1, 0.15) is 23.9 Å². The molecule has 1 N–H and O–H groups in total. The lowest BCUT2D eigenvalue weighted by molar-refractivity contribution is 0.0691. The molecule has 4 rings (SSSR count). The fourth-order valence-corrected chi connectivity index (χ4v) is 3.48. The fraction of sp³-hybridized carbons (Fsp3) is 0.0870. The van der Waals surface area contributed by atoms with Crippen LogP contribution < -0.4 is 9.47 Å². The molecule has 0 fully saturated rings. The maximum Gasteiger partial charge on any atom is 0.355 e. The molecule has 150 valence electrons. The molecule has 2 aromatic heterocycles. The lowest BCUT2D eigenvalue weighted by Crippen LogP contribution is -2.02. The molecule has 4 aromatic rings. The highest BCUT2D eigenvalue weighted by Crippen LogP contribution is 2.33. The van der Waals surface area contributed by atoms with E-state index in [0.29, 0.717) is 35.4 Å². The number of aromatic nitrogens is 2. The Kier molecular flexibility index (Phi) is 6.01. The number of hydrogen-bond acceptors (Lipinski definition) is 6. The number of rotatable bonds is 8. The number of benzene rings is 2. The Morgan fingerprint density at radius 2 is 1.50 bits per heavy atom.